The van der Waals surface area contributed by atoms with Gasteiger partial charge in [-0.1, -0.05) is 73.7 Å². The molecule has 1 unspecified atom stereocenters. The van der Waals surface area contributed by atoms with E-state index in [4.69, 9.17) is 16.3 Å². The fraction of sp³-hybridized carbons (Fsp3) is 0.120. The van der Waals surface area contributed by atoms with E-state index in [9.17, 15) is 0 Å². The molecule has 0 saturated carbocycles. The third kappa shape index (κ3) is 3.40. The van der Waals surface area contributed by atoms with Gasteiger partial charge in [-0.15, -0.1) is 0 Å². The second-order valence-electron chi connectivity index (χ2n) is 7.29. The lowest BCUT2D eigenvalue weighted by atomic mass is 9.94. The number of hydrogen-bond acceptors (Lipinski definition) is 2. The van der Waals surface area contributed by atoms with Gasteiger partial charge in [-0.25, -0.2) is 0 Å². The second kappa shape index (κ2) is 7.76. The van der Waals surface area contributed by atoms with Gasteiger partial charge in [-0.2, -0.15) is 0 Å². The van der Waals surface area contributed by atoms with E-state index < -0.39 is 7.07 Å². The largest absolute Gasteiger partial charge is 0.455 e. The smallest absolute Gasteiger partial charge is 0.166 e. The van der Waals surface area contributed by atoms with Gasteiger partial charge in [0.1, 0.15) is 5.75 Å². The minimum absolute atomic E-state index is 0.744. The van der Waals surface area contributed by atoms with Crippen molar-refractivity contribution >= 4 is 51.2 Å². The molecule has 1 atom stereocenters. The monoisotopic (exact) mass is 415 g/mol. The molecular weight excluding hydrogens is 393 g/mol. The van der Waals surface area contributed by atoms with E-state index >= 15 is 0 Å². The summed E-state index contributed by atoms with van der Waals surface area (Å²) in [6.07, 6.45) is 1.02. The summed E-state index contributed by atoms with van der Waals surface area (Å²) in [5.41, 5.74) is 2.65. The third-order valence-corrected chi connectivity index (χ3v) is 7.17. The van der Waals surface area contributed by atoms with E-state index in [0.29, 0.717) is 0 Å². The van der Waals surface area contributed by atoms with Crippen molar-refractivity contribution in [2.24, 2.45) is 0 Å². The molecule has 0 fully saturated rings. The first-order valence-corrected chi connectivity index (χ1v) is 12.5. The molecule has 0 spiro atoms. The van der Waals surface area contributed by atoms with Crippen LogP contribution in [0.1, 0.15) is 18.1 Å². The number of benzene rings is 5. The Kier molecular flexibility index (Phi) is 4.97. The second-order valence-corrected chi connectivity index (χ2v) is 9.53. The first-order valence-electron chi connectivity index (χ1n) is 9.93. The van der Waals surface area contributed by atoms with Gasteiger partial charge in [-0.3, -0.25) is 5.09 Å². The number of hydrogen-bond donors (Lipinski definition) is 1. The van der Waals surface area contributed by atoms with Crippen LogP contribution >= 0.6 is 7.07 Å². The zero-order valence-corrected chi connectivity index (χ0v) is 18.1. The SMILES string of the molecule is CCc1ccccc1CN[PH](=S)Oc1ccc2ccc3cccc4ccc1c2c34. The molecule has 0 aliphatic heterocycles. The van der Waals surface area contributed by atoms with Gasteiger partial charge in [-0.05, 0) is 63.0 Å². The Bertz CT molecular complexity index is 1330. The van der Waals surface area contributed by atoms with E-state index in [1.54, 1.807) is 0 Å². The van der Waals surface area contributed by atoms with E-state index in [1.165, 1.54) is 38.1 Å². The summed E-state index contributed by atoms with van der Waals surface area (Å²) in [5.74, 6) is 0.871. The third-order valence-electron chi connectivity index (χ3n) is 5.61. The first kappa shape index (κ1) is 18.6. The van der Waals surface area contributed by atoms with Crippen molar-refractivity contribution in [1.82, 2.24) is 5.09 Å². The summed E-state index contributed by atoms with van der Waals surface area (Å²) >= 11 is 5.68. The van der Waals surface area contributed by atoms with Gasteiger partial charge in [0.05, 0.1) is 0 Å². The fourth-order valence-corrected chi connectivity index (χ4v) is 5.45. The molecule has 0 aliphatic carbocycles. The van der Waals surface area contributed by atoms with Crippen LogP contribution in [-0.2, 0) is 24.8 Å². The first-order chi connectivity index (χ1) is 14.2. The minimum atomic E-state index is -1.60. The Labute approximate surface area is 176 Å². The van der Waals surface area contributed by atoms with Crippen LogP contribution in [0.15, 0.2) is 78.9 Å². The maximum atomic E-state index is 6.27. The van der Waals surface area contributed by atoms with Crippen molar-refractivity contribution in [1.29, 1.82) is 0 Å². The Hall–Kier alpha value is -2.45. The highest BCUT2D eigenvalue weighted by Gasteiger charge is 2.12. The lowest BCUT2D eigenvalue weighted by Gasteiger charge is -2.16. The summed E-state index contributed by atoms with van der Waals surface area (Å²) in [6.45, 7) is 2.92. The summed E-state index contributed by atoms with van der Waals surface area (Å²) in [4.78, 5) is 0. The minimum Gasteiger partial charge on any atom is -0.455 e. The number of nitrogens with one attached hydrogen (secondary N) is 1. The standard InChI is InChI=1S/C25H22NOPS/c1-2-17-6-3-4-7-21(17)16-26-28(29)27-23-15-13-20-11-10-18-8-5-9-19-12-14-22(23)25(20)24(18)19/h3-15,28H,2,16H2,1H3,(H,26,29). The maximum absolute atomic E-state index is 6.27. The van der Waals surface area contributed by atoms with Gasteiger partial charge in [0, 0.05) is 17.3 Å². The highest BCUT2D eigenvalue weighted by atomic mass is 32.4. The van der Waals surface area contributed by atoms with Crippen molar-refractivity contribution in [3.05, 3.63) is 90.0 Å². The molecule has 144 valence electrons. The van der Waals surface area contributed by atoms with Gasteiger partial charge < -0.3 is 4.52 Å². The van der Waals surface area contributed by atoms with Crippen LogP contribution < -0.4 is 9.61 Å². The zero-order valence-electron chi connectivity index (χ0n) is 16.2. The zero-order chi connectivity index (χ0) is 19.8. The van der Waals surface area contributed by atoms with Gasteiger partial charge in [0.2, 0.25) is 0 Å². The highest BCUT2D eigenvalue weighted by molar-refractivity contribution is 8.02. The Morgan fingerprint density at radius 1 is 0.759 bits per heavy atom. The summed E-state index contributed by atoms with van der Waals surface area (Å²) in [5, 5.41) is 10.9. The van der Waals surface area contributed by atoms with Gasteiger partial charge >= 0.3 is 0 Å². The molecule has 1 N–H and O–H groups in total. The molecule has 4 heteroatoms. The molecule has 0 amide bonds. The molecule has 0 aromatic heterocycles. The molecule has 5 aromatic carbocycles. The van der Waals surface area contributed by atoms with Crippen LogP contribution in [0.4, 0.5) is 0 Å². The van der Waals surface area contributed by atoms with Crippen LogP contribution in [-0.4, -0.2) is 0 Å². The van der Waals surface area contributed by atoms with Crippen LogP contribution in [0.25, 0.3) is 32.3 Å². The molecule has 2 nitrogen and oxygen atoms in total. The predicted molar refractivity (Wildman–Crippen MR) is 129 cm³/mol. The molecule has 0 aliphatic rings. The molecule has 29 heavy (non-hydrogen) atoms. The van der Waals surface area contributed by atoms with Crippen LogP contribution in [0, 0.1) is 0 Å². The lowest BCUT2D eigenvalue weighted by molar-refractivity contribution is 0.621. The van der Waals surface area contributed by atoms with Crippen molar-refractivity contribution in [3.63, 3.8) is 0 Å². The average molecular weight is 415 g/mol. The summed E-state index contributed by atoms with van der Waals surface area (Å²) in [7, 11) is -1.60. The van der Waals surface area contributed by atoms with Crippen molar-refractivity contribution < 1.29 is 4.52 Å². The molecular formula is C25H22NOPS. The summed E-state index contributed by atoms with van der Waals surface area (Å²) < 4.78 is 6.27. The van der Waals surface area contributed by atoms with Crippen LogP contribution in [0.3, 0.4) is 0 Å². The number of aryl methyl sites for hydroxylation is 1. The fourth-order valence-electron chi connectivity index (χ4n) is 4.18. The Morgan fingerprint density at radius 2 is 1.41 bits per heavy atom. The van der Waals surface area contributed by atoms with Crippen LogP contribution in [0.2, 0.25) is 0 Å². The van der Waals surface area contributed by atoms with Crippen molar-refractivity contribution in [3.8, 4) is 5.75 Å². The van der Waals surface area contributed by atoms with Gasteiger partial charge in [0.15, 0.2) is 7.07 Å². The average Bonchev–Trinajstić information content (AvgIpc) is 2.77. The van der Waals surface area contributed by atoms with Crippen LogP contribution in [0.5, 0.6) is 5.75 Å². The van der Waals surface area contributed by atoms with E-state index in [2.05, 4.69) is 90.9 Å². The number of rotatable bonds is 6. The van der Waals surface area contributed by atoms with Gasteiger partial charge in [0.25, 0.3) is 0 Å². The van der Waals surface area contributed by atoms with E-state index in [0.717, 1.165) is 24.1 Å². The Balaban J connectivity index is 1.46. The van der Waals surface area contributed by atoms with Crippen molar-refractivity contribution in [2.45, 2.75) is 19.9 Å². The topological polar surface area (TPSA) is 21.3 Å². The quantitative estimate of drug-likeness (QED) is 0.243. The van der Waals surface area contributed by atoms with E-state index in [1.807, 2.05) is 0 Å². The normalized spacial score (nSPS) is 12.7. The summed E-state index contributed by atoms with van der Waals surface area (Å²) in [6, 6.07) is 27.9. The highest BCUT2D eigenvalue weighted by Crippen LogP contribution is 2.40. The molecule has 0 radical (unpaired) electrons. The molecule has 0 saturated heterocycles. The molecule has 5 aromatic rings. The van der Waals surface area contributed by atoms with E-state index in [-0.39, 0.29) is 0 Å². The molecule has 0 bridgehead atoms. The maximum Gasteiger partial charge on any atom is 0.166 e. The predicted octanol–water partition coefficient (Wildman–Crippen LogP) is 6.82. The molecule has 5 rings (SSSR count). The Morgan fingerprint density at radius 3 is 2.17 bits per heavy atom. The lowest BCUT2D eigenvalue weighted by Crippen LogP contribution is -2.07. The molecule has 0 heterocycles. The van der Waals surface area contributed by atoms with Crippen molar-refractivity contribution in [2.75, 3.05) is 0 Å².